The Bertz CT molecular complexity index is 405. The van der Waals surface area contributed by atoms with Crippen LogP contribution < -0.4 is 20.9 Å². The Balaban J connectivity index is 2.87. The average Bonchev–Trinajstić information content (AvgIpc) is 2.35. The number of nitrogens with zero attached hydrogens (tertiary/aromatic N) is 1. The van der Waals surface area contributed by atoms with E-state index in [0.717, 1.165) is 5.69 Å². The maximum Gasteiger partial charge on any atom is 0.275 e. The van der Waals surface area contributed by atoms with Gasteiger partial charge in [0.05, 0.1) is 0 Å². The van der Waals surface area contributed by atoms with Gasteiger partial charge in [-0.1, -0.05) is 19.9 Å². The van der Waals surface area contributed by atoms with Gasteiger partial charge in [-0.15, -0.1) is 0 Å². The van der Waals surface area contributed by atoms with Crippen molar-refractivity contribution in [2.45, 2.75) is 20.0 Å². The second-order valence-corrected chi connectivity index (χ2v) is 4.68. The molecule has 0 saturated carbocycles. The first-order valence-electron chi connectivity index (χ1n) is 5.90. The molecule has 1 aromatic carbocycles. The number of amides is 1. The summed E-state index contributed by atoms with van der Waals surface area (Å²) in [5, 5.41) is 0. The van der Waals surface area contributed by atoms with Crippen LogP contribution >= 0.6 is 0 Å². The van der Waals surface area contributed by atoms with Gasteiger partial charge >= 0.3 is 0 Å². The van der Waals surface area contributed by atoms with Crippen LogP contribution in [0.4, 0.5) is 5.69 Å². The van der Waals surface area contributed by atoms with Gasteiger partial charge in [-0.25, -0.2) is 5.84 Å². The summed E-state index contributed by atoms with van der Waals surface area (Å²) in [6.07, 6.45) is -0.590. The number of nitrogens with one attached hydrogen (secondary N) is 1. The zero-order chi connectivity index (χ0) is 13.7. The van der Waals surface area contributed by atoms with Gasteiger partial charge in [0.2, 0.25) is 0 Å². The zero-order valence-electron chi connectivity index (χ0n) is 11.3. The van der Waals surface area contributed by atoms with E-state index in [0.29, 0.717) is 5.75 Å². The van der Waals surface area contributed by atoms with Crippen LogP contribution in [0.15, 0.2) is 24.3 Å². The fraction of sp³-hybridized carbons (Fsp3) is 0.462. The highest BCUT2D eigenvalue weighted by Crippen LogP contribution is 2.22. The minimum atomic E-state index is -0.590. The Kier molecular flexibility index (Phi) is 4.97. The fourth-order valence-corrected chi connectivity index (χ4v) is 1.56. The molecule has 3 N–H and O–H groups in total. The zero-order valence-corrected chi connectivity index (χ0v) is 11.3. The third-order valence-electron chi connectivity index (χ3n) is 2.60. The molecule has 1 unspecified atom stereocenters. The van der Waals surface area contributed by atoms with Crippen molar-refractivity contribution < 1.29 is 9.53 Å². The molecule has 0 aromatic heterocycles. The Labute approximate surface area is 108 Å². The molecule has 0 fully saturated rings. The molecule has 1 rings (SSSR count). The van der Waals surface area contributed by atoms with Gasteiger partial charge in [-0.3, -0.25) is 10.2 Å². The number of benzene rings is 1. The quantitative estimate of drug-likeness (QED) is 0.468. The predicted molar refractivity (Wildman–Crippen MR) is 72.4 cm³/mol. The van der Waals surface area contributed by atoms with Crippen molar-refractivity contribution in [2.75, 3.05) is 19.0 Å². The number of hydrogen-bond acceptors (Lipinski definition) is 4. The first kappa shape index (κ1) is 14.3. The topological polar surface area (TPSA) is 67.6 Å². The van der Waals surface area contributed by atoms with Gasteiger partial charge in [-0.05, 0) is 18.1 Å². The van der Waals surface area contributed by atoms with Crippen molar-refractivity contribution in [2.24, 2.45) is 11.8 Å². The molecule has 1 aromatic rings. The fourth-order valence-electron chi connectivity index (χ4n) is 1.56. The Morgan fingerprint density at radius 2 is 2.06 bits per heavy atom. The minimum Gasteiger partial charge on any atom is -0.480 e. The van der Waals surface area contributed by atoms with Crippen molar-refractivity contribution >= 4 is 11.6 Å². The van der Waals surface area contributed by atoms with E-state index in [1.165, 1.54) is 0 Å². The first-order valence-corrected chi connectivity index (χ1v) is 5.90. The number of ether oxygens (including phenoxy) is 1. The van der Waals surface area contributed by atoms with E-state index in [-0.39, 0.29) is 11.8 Å². The van der Waals surface area contributed by atoms with Crippen molar-refractivity contribution in [3.63, 3.8) is 0 Å². The van der Waals surface area contributed by atoms with E-state index in [9.17, 15) is 4.79 Å². The highest BCUT2D eigenvalue weighted by molar-refractivity contribution is 5.80. The molecular formula is C13H21N3O2. The van der Waals surface area contributed by atoms with Crippen LogP contribution in [0.1, 0.15) is 13.8 Å². The summed E-state index contributed by atoms with van der Waals surface area (Å²) in [6.45, 7) is 3.82. The summed E-state index contributed by atoms with van der Waals surface area (Å²) in [5.74, 6) is 5.53. The number of carbonyl (C=O) groups excluding carboxylic acids is 1. The lowest BCUT2D eigenvalue weighted by Crippen LogP contribution is -2.44. The maximum atomic E-state index is 11.6. The smallest absolute Gasteiger partial charge is 0.275 e. The van der Waals surface area contributed by atoms with E-state index >= 15 is 0 Å². The molecule has 0 saturated heterocycles. The summed E-state index contributed by atoms with van der Waals surface area (Å²) in [5.41, 5.74) is 3.15. The van der Waals surface area contributed by atoms with Crippen LogP contribution in [0.25, 0.3) is 0 Å². The van der Waals surface area contributed by atoms with E-state index in [4.69, 9.17) is 10.6 Å². The third-order valence-corrected chi connectivity index (χ3v) is 2.60. The van der Waals surface area contributed by atoms with Gasteiger partial charge in [0.25, 0.3) is 5.91 Å². The third kappa shape index (κ3) is 3.63. The maximum absolute atomic E-state index is 11.6. The number of carbonyl (C=O) groups is 1. The summed E-state index contributed by atoms with van der Waals surface area (Å²) >= 11 is 0. The number of rotatable bonds is 5. The Hall–Kier alpha value is -1.75. The van der Waals surface area contributed by atoms with Crippen LogP contribution in [0.5, 0.6) is 5.75 Å². The first-order chi connectivity index (χ1) is 8.45. The molecule has 100 valence electrons. The van der Waals surface area contributed by atoms with Gasteiger partial charge in [0, 0.05) is 25.8 Å². The standard InChI is InChI=1S/C13H21N3O2/c1-9(2)12(13(17)15-14)18-11-7-5-6-10(8-11)16(3)4/h5-9,12H,14H2,1-4H3,(H,15,17). The molecule has 0 spiro atoms. The van der Waals surface area contributed by atoms with Crippen LogP contribution in [0, 0.1) is 5.92 Å². The highest BCUT2D eigenvalue weighted by Gasteiger charge is 2.23. The monoisotopic (exact) mass is 251 g/mol. The second-order valence-electron chi connectivity index (χ2n) is 4.68. The normalized spacial score (nSPS) is 12.1. The van der Waals surface area contributed by atoms with Crippen molar-refractivity contribution in [3.05, 3.63) is 24.3 Å². The van der Waals surface area contributed by atoms with Gasteiger partial charge in [-0.2, -0.15) is 0 Å². The van der Waals surface area contributed by atoms with Gasteiger partial charge in [0.1, 0.15) is 5.75 Å². The molecular weight excluding hydrogens is 230 g/mol. The van der Waals surface area contributed by atoms with E-state index < -0.39 is 6.10 Å². The lowest BCUT2D eigenvalue weighted by Gasteiger charge is -2.21. The second kappa shape index (κ2) is 6.26. The predicted octanol–water partition coefficient (Wildman–Crippen LogP) is 1.15. The molecule has 5 heteroatoms. The van der Waals surface area contributed by atoms with Crippen molar-refractivity contribution in [1.29, 1.82) is 0 Å². The highest BCUT2D eigenvalue weighted by atomic mass is 16.5. The Morgan fingerprint density at radius 3 is 2.56 bits per heavy atom. The molecule has 1 atom stereocenters. The molecule has 0 aliphatic carbocycles. The van der Waals surface area contributed by atoms with Gasteiger partial charge in [0.15, 0.2) is 6.10 Å². The molecule has 0 heterocycles. The molecule has 1 amide bonds. The van der Waals surface area contributed by atoms with Crippen molar-refractivity contribution in [3.8, 4) is 5.75 Å². The van der Waals surface area contributed by atoms with Crippen molar-refractivity contribution in [1.82, 2.24) is 5.43 Å². The van der Waals surface area contributed by atoms with Crippen LogP contribution in [0.3, 0.4) is 0 Å². The van der Waals surface area contributed by atoms with Crippen LogP contribution in [0.2, 0.25) is 0 Å². The lowest BCUT2D eigenvalue weighted by molar-refractivity contribution is -0.129. The molecule has 0 aliphatic heterocycles. The van der Waals surface area contributed by atoms with E-state index in [1.54, 1.807) is 0 Å². The average molecular weight is 251 g/mol. The summed E-state index contributed by atoms with van der Waals surface area (Å²) in [4.78, 5) is 13.6. The number of nitrogens with two attached hydrogens (primary N) is 1. The van der Waals surface area contributed by atoms with Crippen LogP contribution in [-0.2, 0) is 4.79 Å². The van der Waals surface area contributed by atoms with E-state index in [2.05, 4.69) is 5.43 Å². The summed E-state index contributed by atoms with van der Waals surface area (Å²) in [6, 6.07) is 7.58. The molecule has 18 heavy (non-hydrogen) atoms. The summed E-state index contributed by atoms with van der Waals surface area (Å²) < 4.78 is 5.70. The van der Waals surface area contributed by atoms with Gasteiger partial charge < -0.3 is 9.64 Å². The number of hydrazine groups is 1. The Morgan fingerprint density at radius 1 is 1.39 bits per heavy atom. The lowest BCUT2D eigenvalue weighted by atomic mass is 10.1. The number of hydrogen-bond donors (Lipinski definition) is 2. The molecule has 0 radical (unpaired) electrons. The number of anilines is 1. The SMILES string of the molecule is CC(C)C(Oc1cccc(N(C)C)c1)C(=O)NN. The van der Waals surface area contributed by atoms with E-state index in [1.807, 2.05) is 57.1 Å². The molecule has 0 bridgehead atoms. The molecule has 0 aliphatic rings. The largest absolute Gasteiger partial charge is 0.480 e. The minimum absolute atomic E-state index is 0.0385. The summed E-state index contributed by atoms with van der Waals surface area (Å²) in [7, 11) is 3.90. The molecule has 5 nitrogen and oxygen atoms in total. The van der Waals surface area contributed by atoms with Crippen LogP contribution in [-0.4, -0.2) is 26.1 Å².